The van der Waals surface area contributed by atoms with E-state index in [1.165, 1.54) is 32.1 Å². The molecule has 1 aliphatic carbocycles. The first kappa shape index (κ1) is 16.4. The Labute approximate surface area is 132 Å². The van der Waals surface area contributed by atoms with Crippen molar-refractivity contribution >= 4 is 22.4 Å². The summed E-state index contributed by atoms with van der Waals surface area (Å²) in [5.74, 6) is 0.0566. The van der Waals surface area contributed by atoms with E-state index in [0.29, 0.717) is 12.0 Å². The number of hydrogen-bond acceptors (Lipinski definition) is 4. The van der Waals surface area contributed by atoms with Crippen molar-refractivity contribution < 1.29 is 4.79 Å². The summed E-state index contributed by atoms with van der Waals surface area (Å²) in [5.41, 5.74) is 1.49. The van der Waals surface area contributed by atoms with Crippen LogP contribution in [0.3, 0.4) is 0 Å². The molecule has 2 rings (SSSR count). The van der Waals surface area contributed by atoms with Crippen molar-refractivity contribution in [1.29, 1.82) is 0 Å². The molecule has 1 saturated carbocycles. The van der Waals surface area contributed by atoms with Gasteiger partial charge in [0.1, 0.15) is 0 Å². The maximum Gasteiger partial charge on any atom is 0.225 e. The van der Waals surface area contributed by atoms with E-state index in [9.17, 15) is 4.79 Å². The molecule has 1 amide bonds. The van der Waals surface area contributed by atoms with Crippen molar-refractivity contribution in [2.45, 2.75) is 59.4 Å². The smallest absolute Gasteiger partial charge is 0.225 e. The van der Waals surface area contributed by atoms with Crippen LogP contribution in [0.15, 0.2) is 5.38 Å². The Bertz CT molecular complexity index is 466. The minimum absolute atomic E-state index is 0.0566. The number of amides is 1. The fourth-order valence-electron chi connectivity index (χ4n) is 3.07. The molecule has 0 bridgehead atoms. The van der Waals surface area contributed by atoms with E-state index in [1.807, 2.05) is 6.92 Å². The molecule has 1 heterocycles. The number of nitrogens with zero attached hydrogens (tertiary/aromatic N) is 2. The van der Waals surface area contributed by atoms with Gasteiger partial charge in [-0.25, -0.2) is 4.98 Å². The highest BCUT2D eigenvalue weighted by Gasteiger charge is 2.26. The van der Waals surface area contributed by atoms with Crippen LogP contribution < -0.4 is 10.2 Å². The zero-order valence-corrected chi connectivity index (χ0v) is 14.3. The van der Waals surface area contributed by atoms with Gasteiger partial charge in [-0.15, -0.1) is 11.3 Å². The van der Waals surface area contributed by atoms with Crippen LogP contribution in [0.4, 0.5) is 5.13 Å². The summed E-state index contributed by atoms with van der Waals surface area (Å²) >= 11 is 1.55. The minimum Gasteiger partial charge on any atom is -0.311 e. The lowest BCUT2D eigenvalue weighted by Gasteiger charge is -2.33. The van der Waals surface area contributed by atoms with Gasteiger partial charge >= 0.3 is 0 Å². The van der Waals surface area contributed by atoms with Crippen molar-refractivity contribution in [2.75, 3.05) is 18.0 Å². The van der Waals surface area contributed by atoms with E-state index < -0.39 is 0 Å². The van der Waals surface area contributed by atoms with E-state index in [2.05, 4.69) is 22.6 Å². The normalized spacial score (nSPS) is 17.7. The topological polar surface area (TPSA) is 45.2 Å². The van der Waals surface area contributed by atoms with Crippen molar-refractivity contribution in [2.24, 2.45) is 5.41 Å². The number of thiazole rings is 1. The number of carbonyl (C=O) groups excluding carboxylic acids is 1. The number of aromatic nitrogens is 1. The van der Waals surface area contributed by atoms with E-state index in [4.69, 9.17) is 0 Å². The molecule has 0 aromatic carbocycles. The van der Waals surface area contributed by atoms with Crippen LogP contribution in [0.5, 0.6) is 0 Å². The van der Waals surface area contributed by atoms with Crippen LogP contribution in [0.1, 0.15) is 58.6 Å². The van der Waals surface area contributed by atoms with Crippen LogP contribution in [-0.4, -0.2) is 24.0 Å². The Balaban J connectivity index is 1.84. The summed E-state index contributed by atoms with van der Waals surface area (Å²) in [5, 5.41) is 6.42. The van der Waals surface area contributed by atoms with E-state index in [-0.39, 0.29) is 5.91 Å². The zero-order valence-electron chi connectivity index (χ0n) is 13.4. The largest absolute Gasteiger partial charge is 0.311 e. The number of hydrogen-bond donors (Lipinski definition) is 1. The lowest BCUT2D eigenvalue weighted by atomic mass is 9.76. The quantitative estimate of drug-likeness (QED) is 0.873. The Kier molecular flexibility index (Phi) is 5.76. The molecule has 0 aliphatic heterocycles. The predicted molar refractivity (Wildman–Crippen MR) is 88.7 cm³/mol. The number of anilines is 1. The van der Waals surface area contributed by atoms with Crippen molar-refractivity contribution in [1.82, 2.24) is 10.3 Å². The number of rotatable bonds is 6. The third-order valence-electron chi connectivity index (χ3n) is 4.39. The fourth-order valence-corrected chi connectivity index (χ4v) is 4.00. The Morgan fingerprint density at radius 2 is 2.14 bits per heavy atom. The second kappa shape index (κ2) is 7.36. The average Bonchev–Trinajstić information content (AvgIpc) is 2.88. The standard InChI is InChI=1S/C16H27N3OS/c1-4-19(13(2)20)15-18-14(11-21-15)10-17-12-16(3)8-6-5-7-9-16/h11,17H,4-10,12H2,1-3H3. The molecule has 1 aliphatic rings. The summed E-state index contributed by atoms with van der Waals surface area (Å²) < 4.78 is 0. The monoisotopic (exact) mass is 309 g/mol. The second-order valence-corrected chi connectivity index (χ2v) is 7.20. The van der Waals surface area contributed by atoms with Crippen molar-refractivity contribution in [3.8, 4) is 0 Å². The Hall–Kier alpha value is -0.940. The third kappa shape index (κ3) is 4.51. The zero-order chi connectivity index (χ0) is 15.3. The van der Waals surface area contributed by atoms with E-state index in [0.717, 1.165) is 23.9 Å². The van der Waals surface area contributed by atoms with Gasteiger partial charge in [-0.3, -0.25) is 9.69 Å². The molecule has 1 aromatic rings. The summed E-state index contributed by atoms with van der Waals surface area (Å²) in [6.45, 7) is 8.48. The van der Waals surface area contributed by atoms with Gasteiger partial charge in [0, 0.05) is 31.9 Å². The van der Waals surface area contributed by atoms with Crippen LogP contribution >= 0.6 is 11.3 Å². The molecular formula is C16H27N3OS. The van der Waals surface area contributed by atoms with Crippen molar-refractivity contribution in [3.63, 3.8) is 0 Å². The summed E-state index contributed by atoms with van der Waals surface area (Å²) in [6, 6.07) is 0. The molecule has 0 atom stereocenters. The summed E-state index contributed by atoms with van der Waals surface area (Å²) in [4.78, 5) is 17.8. The molecule has 0 saturated heterocycles. The molecule has 21 heavy (non-hydrogen) atoms. The van der Waals surface area contributed by atoms with E-state index >= 15 is 0 Å². The van der Waals surface area contributed by atoms with Gasteiger partial charge in [0.05, 0.1) is 5.69 Å². The lowest BCUT2D eigenvalue weighted by molar-refractivity contribution is -0.116. The first-order chi connectivity index (χ1) is 10.0. The second-order valence-electron chi connectivity index (χ2n) is 6.36. The van der Waals surface area contributed by atoms with Gasteiger partial charge in [-0.05, 0) is 25.2 Å². The predicted octanol–water partition coefficient (Wildman–Crippen LogP) is 3.58. The molecule has 0 unspecified atom stereocenters. The summed E-state index contributed by atoms with van der Waals surface area (Å²) in [6.07, 6.45) is 6.78. The molecule has 118 valence electrons. The maximum atomic E-state index is 11.5. The third-order valence-corrected chi connectivity index (χ3v) is 5.30. The maximum absolute atomic E-state index is 11.5. The highest BCUT2D eigenvalue weighted by molar-refractivity contribution is 7.14. The lowest BCUT2D eigenvalue weighted by Crippen LogP contribution is -2.33. The van der Waals surface area contributed by atoms with Gasteiger partial charge in [0.2, 0.25) is 5.91 Å². The number of carbonyl (C=O) groups is 1. The minimum atomic E-state index is 0.0566. The first-order valence-electron chi connectivity index (χ1n) is 7.97. The molecule has 0 radical (unpaired) electrons. The van der Waals surface area contributed by atoms with Crippen LogP contribution in [-0.2, 0) is 11.3 Å². The molecule has 5 heteroatoms. The number of nitrogens with one attached hydrogen (secondary N) is 1. The van der Waals surface area contributed by atoms with Gasteiger partial charge in [0.15, 0.2) is 5.13 Å². The van der Waals surface area contributed by atoms with Gasteiger partial charge < -0.3 is 5.32 Å². The first-order valence-corrected chi connectivity index (χ1v) is 8.85. The van der Waals surface area contributed by atoms with Crippen LogP contribution in [0.25, 0.3) is 0 Å². The van der Waals surface area contributed by atoms with Gasteiger partial charge in [-0.2, -0.15) is 0 Å². The Morgan fingerprint density at radius 3 is 2.76 bits per heavy atom. The van der Waals surface area contributed by atoms with Crippen LogP contribution in [0.2, 0.25) is 0 Å². The molecule has 4 nitrogen and oxygen atoms in total. The molecular weight excluding hydrogens is 282 g/mol. The fraction of sp³-hybridized carbons (Fsp3) is 0.750. The average molecular weight is 309 g/mol. The van der Waals surface area contributed by atoms with Crippen molar-refractivity contribution in [3.05, 3.63) is 11.1 Å². The van der Waals surface area contributed by atoms with E-state index in [1.54, 1.807) is 23.2 Å². The van der Waals surface area contributed by atoms with Crippen LogP contribution in [0, 0.1) is 5.41 Å². The highest BCUT2D eigenvalue weighted by atomic mass is 32.1. The van der Waals surface area contributed by atoms with Gasteiger partial charge in [-0.1, -0.05) is 26.2 Å². The highest BCUT2D eigenvalue weighted by Crippen LogP contribution is 2.35. The molecule has 1 N–H and O–H groups in total. The van der Waals surface area contributed by atoms with Gasteiger partial charge in [0.25, 0.3) is 0 Å². The summed E-state index contributed by atoms with van der Waals surface area (Å²) in [7, 11) is 0. The Morgan fingerprint density at radius 1 is 1.43 bits per heavy atom. The molecule has 1 fully saturated rings. The molecule has 1 aromatic heterocycles. The SMILES string of the molecule is CCN(C(C)=O)c1nc(CNCC2(C)CCCCC2)cs1. The molecule has 0 spiro atoms.